The zero-order valence-electron chi connectivity index (χ0n) is 29.6. The predicted molar refractivity (Wildman–Crippen MR) is 229 cm³/mol. The molecule has 0 saturated heterocycles. The lowest BCUT2D eigenvalue weighted by molar-refractivity contribution is 0.661. The number of thiophene rings is 2. The Balaban J connectivity index is 1.21. The van der Waals surface area contributed by atoms with Crippen LogP contribution in [-0.2, 0) is 5.41 Å². The van der Waals surface area contributed by atoms with E-state index in [0.717, 1.165) is 22.5 Å². The van der Waals surface area contributed by atoms with E-state index < -0.39 is 0 Å². The van der Waals surface area contributed by atoms with Crippen LogP contribution in [0.15, 0.2) is 158 Å². The summed E-state index contributed by atoms with van der Waals surface area (Å²) in [5, 5.41) is 4.87. The average Bonchev–Trinajstić information content (AvgIpc) is 3.86. The molecule has 4 nitrogen and oxygen atoms in total. The zero-order chi connectivity index (χ0) is 36.0. The van der Waals surface area contributed by atoms with Gasteiger partial charge in [0, 0.05) is 62.6 Å². The molecule has 3 heterocycles. The Morgan fingerprint density at radius 2 is 1.11 bits per heavy atom. The standard InChI is InChI=1S/C48H32N4S2/c1-48(2)37-21-9-6-16-31(37)33-19-12-20-35(44(33)48)46-49-45(29-26-27-41-36(28-29)32-17-7-10-23-39(32)53-41)50-47(51-46)52(30-14-4-3-5-15-30)38-22-13-25-42-43(38)34-18-8-11-24-40(34)54-42/h3-28H,1-2H3. The number of fused-ring (bicyclic) bond motifs is 9. The average molecular weight is 729 g/mol. The molecule has 0 atom stereocenters. The molecule has 0 N–H and O–H groups in total. The van der Waals surface area contributed by atoms with Gasteiger partial charge in [-0.1, -0.05) is 117 Å². The Morgan fingerprint density at radius 3 is 1.98 bits per heavy atom. The van der Waals surface area contributed by atoms with Gasteiger partial charge in [-0.2, -0.15) is 9.97 Å². The number of anilines is 3. The minimum Gasteiger partial charge on any atom is -0.278 e. The van der Waals surface area contributed by atoms with E-state index in [9.17, 15) is 0 Å². The second-order valence-corrected chi connectivity index (χ2v) is 16.6. The van der Waals surface area contributed by atoms with E-state index >= 15 is 0 Å². The molecule has 3 aromatic heterocycles. The van der Waals surface area contributed by atoms with Gasteiger partial charge in [0.2, 0.25) is 5.95 Å². The van der Waals surface area contributed by atoms with Crippen LogP contribution in [-0.4, -0.2) is 15.0 Å². The van der Waals surface area contributed by atoms with Gasteiger partial charge in [0.1, 0.15) is 0 Å². The Labute approximate surface area is 320 Å². The topological polar surface area (TPSA) is 41.9 Å². The van der Waals surface area contributed by atoms with Crippen LogP contribution in [0.1, 0.15) is 25.0 Å². The van der Waals surface area contributed by atoms with Gasteiger partial charge in [0.05, 0.1) is 5.69 Å². The highest BCUT2D eigenvalue weighted by Crippen LogP contribution is 2.52. The number of hydrogen-bond acceptors (Lipinski definition) is 6. The second kappa shape index (κ2) is 11.9. The molecular formula is C48H32N4S2. The summed E-state index contributed by atoms with van der Waals surface area (Å²) in [7, 11) is 0. The minimum absolute atomic E-state index is 0.246. The lowest BCUT2D eigenvalue weighted by Gasteiger charge is -2.26. The third-order valence-electron chi connectivity index (χ3n) is 10.9. The van der Waals surface area contributed by atoms with Gasteiger partial charge >= 0.3 is 0 Å². The summed E-state index contributed by atoms with van der Waals surface area (Å²) in [6, 6.07) is 56.3. The maximum absolute atomic E-state index is 5.47. The van der Waals surface area contributed by atoms with Crippen LogP contribution in [0.2, 0.25) is 0 Å². The van der Waals surface area contributed by atoms with Crippen molar-refractivity contribution in [3.63, 3.8) is 0 Å². The molecule has 11 rings (SSSR count). The van der Waals surface area contributed by atoms with Crippen molar-refractivity contribution in [1.29, 1.82) is 0 Å². The Kier molecular flexibility index (Phi) is 6.90. The van der Waals surface area contributed by atoms with Crippen LogP contribution in [0.5, 0.6) is 0 Å². The van der Waals surface area contributed by atoms with Crippen LogP contribution >= 0.6 is 22.7 Å². The quantitative estimate of drug-likeness (QED) is 0.177. The highest BCUT2D eigenvalue weighted by atomic mass is 32.1. The molecule has 256 valence electrons. The molecular weight excluding hydrogens is 697 g/mol. The molecule has 0 radical (unpaired) electrons. The van der Waals surface area contributed by atoms with Crippen molar-refractivity contribution < 1.29 is 0 Å². The van der Waals surface area contributed by atoms with Crippen molar-refractivity contribution >= 4 is 80.3 Å². The van der Waals surface area contributed by atoms with E-state index in [4.69, 9.17) is 15.0 Å². The van der Waals surface area contributed by atoms with Crippen molar-refractivity contribution in [1.82, 2.24) is 15.0 Å². The third kappa shape index (κ3) is 4.70. The summed E-state index contributed by atoms with van der Waals surface area (Å²) >= 11 is 3.63. The van der Waals surface area contributed by atoms with Gasteiger partial charge < -0.3 is 0 Å². The van der Waals surface area contributed by atoms with E-state index in [2.05, 4.69) is 176 Å². The molecule has 0 aliphatic heterocycles. The predicted octanol–water partition coefficient (Wildman–Crippen LogP) is 13.7. The minimum atomic E-state index is -0.246. The molecule has 10 aromatic rings. The van der Waals surface area contributed by atoms with Gasteiger partial charge in [-0.25, -0.2) is 4.98 Å². The molecule has 6 heteroatoms. The highest BCUT2D eigenvalue weighted by molar-refractivity contribution is 7.26. The van der Waals surface area contributed by atoms with Crippen LogP contribution in [0.25, 0.3) is 74.2 Å². The maximum atomic E-state index is 5.47. The van der Waals surface area contributed by atoms with E-state index in [1.165, 1.54) is 62.6 Å². The fourth-order valence-electron chi connectivity index (χ4n) is 8.50. The highest BCUT2D eigenvalue weighted by Gasteiger charge is 2.38. The van der Waals surface area contributed by atoms with E-state index in [0.29, 0.717) is 17.6 Å². The third-order valence-corrected chi connectivity index (χ3v) is 13.2. The molecule has 0 saturated carbocycles. The van der Waals surface area contributed by atoms with Crippen molar-refractivity contribution in [2.24, 2.45) is 0 Å². The zero-order valence-corrected chi connectivity index (χ0v) is 31.2. The van der Waals surface area contributed by atoms with Crippen molar-refractivity contribution in [2.45, 2.75) is 19.3 Å². The van der Waals surface area contributed by atoms with E-state index in [1.54, 1.807) is 0 Å². The fourth-order valence-corrected chi connectivity index (χ4v) is 10.7. The van der Waals surface area contributed by atoms with Crippen molar-refractivity contribution in [3.05, 3.63) is 169 Å². The van der Waals surface area contributed by atoms with Gasteiger partial charge in [-0.3, -0.25) is 4.90 Å². The number of nitrogens with zero attached hydrogens (tertiary/aromatic N) is 4. The van der Waals surface area contributed by atoms with Crippen LogP contribution in [0.4, 0.5) is 17.3 Å². The SMILES string of the molecule is CC1(C)c2ccccc2-c2cccc(-c3nc(-c4ccc5sc6ccccc6c5c4)nc(N(c4ccccc4)c4cccc5sc6ccccc6c45)n3)c21. The van der Waals surface area contributed by atoms with Crippen molar-refractivity contribution in [3.8, 4) is 33.9 Å². The molecule has 0 amide bonds. The molecule has 0 fully saturated rings. The van der Waals surface area contributed by atoms with Gasteiger partial charge in [-0.15, -0.1) is 22.7 Å². The van der Waals surface area contributed by atoms with Crippen LogP contribution < -0.4 is 4.90 Å². The number of rotatable bonds is 5. The summed E-state index contributed by atoms with van der Waals surface area (Å²) in [6.07, 6.45) is 0. The molecule has 1 aliphatic carbocycles. The smallest absolute Gasteiger partial charge is 0.238 e. The summed E-state index contributed by atoms with van der Waals surface area (Å²) in [5.74, 6) is 1.87. The number of benzene rings is 7. The molecule has 7 aromatic carbocycles. The van der Waals surface area contributed by atoms with Gasteiger partial charge in [0.25, 0.3) is 0 Å². The molecule has 0 spiro atoms. The normalized spacial score (nSPS) is 13.1. The Hall–Kier alpha value is -6.21. The number of hydrogen-bond donors (Lipinski definition) is 0. The second-order valence-electron chi connectivity index (χ2n) is 14.4. The first-order chi connectivity index (χ1) is 26.5. The molecule has 54 heavy (non-hydrogen) atoms. The lowest BCUT2D eigenvalue weighted by atomic mass is 9.80. The summed E-state index contributed by atoms with van der Waals surface area (Å²) in [5.41, 5.74) is 8.81. The molecule has 1 aliphatic rings. The largest absolute Gasteiger partial charge is 0.278 e. The number of aromatic nitrogens is 3. The van der Waals surface area contributed by atoms with Crippen LogP contribution in [0, 0.1) is 0 Å². The van der Waals surface area contributed by atoms with Crippen LogP contribution in [0.3, 0.4) is 0 Å². The summed E-state index contributed by atoms with van der Waals surface area (Å²) in [6.45, 7) is 4.64. The first kappa shape index (κ1) is 31.3. The maximum Gasteiger partial charge on any atom is 0.238 e. The summed E-state index contributed by atoms with van der Waals surface area (Å²) in [4.78, 5) is 18.5. The van der Waals surface area contributed by atoms with E-state index in [-0.39, 0.29) is 5.41 Å². The van der Waals surface area contributed by atoms with E-state index in [1.807, 2.05) is 22.7 Å². The van der Waals surface area contributed by atoms with Crippen molar-refractivity contribution in [2.75, 3.05) is 4.90 Å². The first-order valence-electron chi connectivity index (χ1n) is 18.2. The van der Waals surface area contributed by atoms with Gasteiger partial charge in [0.15, 0.2) is 11.6 Å². The Morgan fingerprint density at radius 1 is 0.481 bits per heavy atom. The fraction of sp³-hybridized carbons (Fsp3) is 0.0625. The molecule has 0 bridgehead atoms. The monoisotopic (exact) mass is 728 g/mol. The van der Waals surface area contributed by atoms with Gasteiger partial charge in [-0.05, 0) is 76.9 Å². The first-order valence-corrected chi connectivity index (χ1v) is 19.8. The lowest BCUT2D eigenvalue weighted by Crippen LogP contribution is -2.18. The molecule has 0 unspecified atom stereocenters. The summed E-state index contributed by atoms with van der Waals surface area (Å²) < 4.78 is 4.99. The Bertz CT molecular complexity index is 3100. The number of para-hydroxylation sites is 1.